The van der Waals surface area contributed by atoms with E-state index in [0.717, 1.165) is 17.0 Å². The smallest absolute Gasteiger partial charge is 0.286 e. The first kappa shape index (κ1) is 17.7. The van der Waals surface area contributed by atoms with Crippen molar-refractivity contribution < 1.29 is 17.2 Å². The van der Waals surface area contributed by atoms with Crippen molar-refractivity contribution in [2.45, 2.75) is 9.79 Å². The number of thioether (sulfide) groups is 1. The Balaban J connectivity index is 2.13. The number of nitrogens with zero attached hydrogens (tertiary/aromatic N) is 1. The standard InChI is InChI=1S/C14H11ClF2N2O2S2/c15-9-1-4-11(5-2-9)22-8-14(18)19-23(20,21)13-6-3-10(16)7-12(13)17/h1-7H,8H2,(H2,18,19). The maximum Gasteiger partial charge on any atom is 0.286 e. The Labute approximate surface area is 141 Å². The van der Waals surface area contributed by atoms with Gasteiger partial charge in [0, 0.05) is 16.0 Å². The molecule has 23 heavy (non-hydrogen) atoms. The van der Waals surface area contributed by atoms with E-state index in [1.807, 2.05) is 0 Å². The number of sulfonamides is 1. The van der Waals surface area contributed by atoms with Gasteiger partial charge in [0.2, 0.25) is 0 Å². The second-order valence-corrected chi connectivity index (χ2v) is 7.43. The highest BCUT2D eigenvalue weighted by Gasteiger charge is 2.19. The van der Waals surface area contributed by atoms with E-state index in [1.54, 1.807) is 24.3 Å². The molecule has 0 bridgehead atoms. The van der Waals surface area contributed by atoms with Gasteiger partial charge in [0.25, 0.3) is 10.0 Å². The topological polar surface area (TPSA) is 72.5 Å². The summed E-state index contributed by atoms with van der Waals surface area (Å²) in [6.45, 7) is 0. The molecule has 0 saturated carbocycles. The molecule has 0 amide bonds. The fraction of sp³-hybridized carbons (Fsp3) is 0.0714. The van der Waals surface area contributed by atoms with Crippen molar-refractivity contribution in [1.82, 2.24) is 0 Å². The van der Waals surface area contributed by atoms with Crippen LogP contribution in [0.3, 0.4) is 0 Å². The van der Waals surface area contributed by atoms with Crippen LogP contribution in [0.5, 0.6) is 0 Å². The zero-order valence-corrected chi connectivity index (χ0v) is 13.9. The van der Waals surface area contributed by atoms with E-state index < -0.39 is 26.6 Å². The molecule has 0 aliphatic rings. The number of rotatable bonds is 5. The molecule has 2 N–H and O–H groups in total. The van der Waals surface area contributed by atoms with Gasteiger partial charge in [-0.05, 0) is 36.4 Å². The summed E-state index contributed by atoms with van der Waals surface area (Å²) < 4.78 is 53.7. The Kier molecular flexibility index (Phi) is 5.61. The van der Waals surface area contributed by atoms with Crippen molar-refractivity contribution in [2.75, 3.05) is 5.75 Å². The molecular formula is C14H11ClF2N2O2S2. The lowest BCUT2D eigenvalue weighted by Gasteiger charge is -2.04. The van der Waals surface area contributed by atoms with Gasteiger partial charge in [0.15, 0.2) is 0 Å². The largest absolute Gasteiger partial charge is 0.386 e. The average Bonchev–Trinajstić information content (AvgIpc) is 2.45. The van der Waals surface area contributed by atoms with Gasteiger partial charge in [-0.2, -0.15) is 8.42 Å². The summed E-state index contributed by atoms with van der Waals surface area (Å²) in [5.74, 6) is -2.21. The third-order valence-corrected chi connectivity index (χ3v) is 5.27. The van der Waals surface area contributed by atoms with Gasteiger partial charge in [-0.25, -0.2) is 8.78 Å². The predicted octanol–water partition coefficient (Wildman–Crippen LogP) is 3.46. The van der Waals surface area contributed by atoms with E-state index in [4.69, 9.17) is 17.3 Å². The van der Waals surface area contributed by atoms with Gasteiger partial charge in [0.05, 0.1) is 5.75 Å². The maximum atomic E-state index is 13.5. The first-order valence-corrected chi connectivity index (χ1v) is 9.01. The molecule has 0 aromatic heterocycles. The monoisotopic (exact) mass is 376 g/mol. The number of nitrogens with two attached hydrogens (primary N) is 1. The molecule has 0 saturated heterocycles. The SMILES string of the molecule is N/C(CSc1ccc(Cl)cc1)=N\S(=O)(=O)c1ccc(F)cc1F. The summed E-state index contributed by atoms with van der Waals surface area (Å²) in [7, 11) is -4.33. The van der Waals surface area contributed by atoms with Crippen LogP contribution >= 0.6 is 23.4 Å². The molecule has 0 fully saturated rings. The number of amidine groups is 1. The van der Waals surface area contributed by atoms with Crippen molar-refractivity contribution in [3.05, 3.63) is 59.1 Å². The lowest BCUT2D eigenvalue weighted by Crippen LogP contribution is -2.17. The first-order valence-electron chi connectivity index (χ1n) is 6.21. The quantitative estimate of drug-likeness (QED) is 0.492. The zero-order chi connectivity index (χ0) is 17.0. The molecule has 0 heterocycles. The first-order chi connectivity index (χ1) is 10.8. The highest BCUT2D eigenvalue weighted by atomic mass is 35.5. The lowest BCUT2D eigenvalue weighted by atomic mass is 10.3. The fourth-order valence-corrected chi connectivity index (χ4v) is 3.53. The van der Waals surface area contributed by atoms with Crippen LogP contribution in [-0.2, 0) is 10.0 Å². The van der Waals surface area contributed by atoms with Crippen LogP contribution in [0.1, 0.15) is 0 Å². The van der Waals surface area contributed by atoms with Crippen LogP contribution in [0, 0.1) is 11.6 Å². The summed E-state index contributed by atoms with van der Waals surface area (Å²) >= 11 is 7.00. The maximum absolute atomic E-state index is 13.5. The minimum absolute atomic E-state index is 0.0870. The van der Waals surface area contributed by atoms with Crippen LogP contribution in [0.4, 0.5) is 8.78 Å². The Morgan fingerprint density at radius 2 is 1.83 bits per heavy atom. The van der Waals surface area contributed by atoms with Crippen LogP contribution in [0.15, 0.2) is 56.7 Å². The average molecular weight is 377 g/mol. The Hall–Kier alpha value is -1.64. The van der Waals surface area contributed by atoms with E-state index >= 15 is 0 Å². The van der Waals surface area contributed by atoms with E-state index in [0.29, 0.717) is 11.1 Å². The lowest BCUT2D eigenvalue weighted by molar-refractivity contribution is 0.550. The number of benzene rings is 2. The van der Waals surface area contributed by atoms with Crippen molar-refractivity contribution in [1.29, 1.82) is 0 Å². The highest BCUT2D eigenvalue weighted by Crippen LogP contribution is 2.21. The summed E-state index contributed by atoms with van der Waals surface area (Å²) in [6, 6.07) is 8.97. The molecule has 4 nitrogen and oxygen atoms in total. The molecule has 2 aromatic rings. The van der Waals surface area contributed by atoms with E-state index in [1.165, 1.54) is 11.8 Å². The molecule has 122 valence electrons. The second-order valence-electron chi connectivity index (χ2n) is 4.38. The molecule has 2 aromatic carbocycles. The minimum atomic E-state index is -4.33. The Morgan fingerprint density at radius 1 is 1.17 bits per heavy atom. The summed E-state index contributed by atoms with van der Waals surface area (Å²) in [5.41, 5.74) is 5.58. The normalized spacial score (nSPS) is 12.4. The number of halogens is 3. The number of hydrogen-bond acceptors (Lipinski definition) is 3. The summed E-state index contributed by atoms with van der Waals surface area (Å²) in [4.78, 5) is 0.0938. The molecule has 0 radical (unpaired) electrons. The minimum Gasteiger partial charge on any atom is -0.386 e. The molecule has 0 atom stereocenters. The molecule has 0 spiro atoms. The van der Waals surface area contributed by atoms with Crippen LogP contribution in [0.2, 0.25) is 5.02 Å². The van der Waals surface area contributed by atoms with Gasteiger partial charge in [-0.15, -0.1) is 16.2 Å². The van der Waals surface area contributed by atoms with Crippen LogP contribution in [-0.4, -0.2) is 20.0 Å². The van der Waals surface area contributed by atoms with Crippen molar-refractivity contribution in [2.24, 2.45) is 10.1 Å². The van der Waals surface area contributed by atoms with Crippen molar-refractivity contribution >= 4 is 39.2 Å². The van der Waals surface area contributed by atoms with Crippen LogP contribution < -0.4 is 5.73 Å². The van der Waals surface area contributed by atoms with E-state index in [-0.39, 0.29) is 11.6 Å². The zero-order valence-electron chi connectivity index (χ0n) is 11.5. The molecule has 9 heteroatoms. The van der Waals surface area contributed by atoms with Gasteiger partial charge in [-0.1, -0.05) is 11.6 Å². The van der Waals surface area contributed by atoms with Crippen molar-refractivity contribution in [3.8, 4) is 0 Å². The molecule has 0 aliphatic carbocycles. The molecular weight excluding hydrogens is 366 g/mol. The molecule has 0 aliphatic heterocycles. The van der Waals surface area contributed by atoms with Gasteiger partial charge >= 0.3 is 0 Å². The number of hydrogen-bond donors (Lipinski definition) is 1. The van der Waals surface area contributed by atoms with E-state index in [2.05, 4.69) is 4.40 Å². The molecule has 2 rings (SSSR count). The van der Waals surface area contributed by atoms with Crippen LogP contribution in [0.25, 0.3) is 0 Å². The predicted molar refractivity (Wildman–Crippen MR) is 87.3 cm³/mol. The summed E-state index contributed by atoms with van der Waals surface area (Å²) in [6.07, 6.45) is 0. The van der Waals surface area contributed by atoms with Crippen molar-refractivity contribution in [3.63, 3.8) is 0 Å². The third kappa shape index (κ3) is 4.92. The Bertz CT molecular complexity index is 840. The Morgan fingerprint density at radius 3 is 2.43 bits per heavy atom. The fourth-order valence-electron chi connectivity index (χ4n) is 1.60. The van der Waals surface area contributed by atoms with E-state index in [9.17, 15) is 17.2 Å². The highest BCUT2D eigenvalue weighted by molar-refractivity contribution is 8.00. The second kappa shape index (κ2) is 7.29. The third-order valence-electron chi connectivity index (χ3n) is 2.61. The van der Waals surface area contributed by atoms with Gasteiger partial charge in [0.1, 0.15) is 22.4 Å². The summed E-state index contributed by atoms with van der Waals surface area (Å²) in [5, 5.41) is 0.574. The van der Waals surface area contributed by atoms with Gasteiger partial charge < -0.3 is 5.73 Å². The molecule has 0 unspecified atom stereocenters. The van der Waals surface area contributed by atoms with Gasteiger partial charge in [-0.3, -0.25) is 0 Å².